The quantitative estimate of drug-likeness (QED) is 0.706. The molecule has 1 aromatic heterocycles. The van der Waals surface area contributed by atoms with Gasteiger partial charge in [0.25, 0.3) is 0 Å². The maximum absolute atomic E-state index is 6.46. The number of nitrogens with one attached hydrogen (secondary N) is 1. The van der Waals surface area contributed by atoms with E-state index in [1.807, 2.05) is 36.4 Å². The van der Waals surface area contributed by atoms with Gasteiger partial charge >= 0.3 is 5.89 Å². The van der Waals surface area contributed by atoms with Crippen LogP contribution in [0.4, 0.5) is 5.69 Å². The minimum Gasteiger partial charge on any atom is -0.398 e. The molecule has 1 N–H and O–H groups in total. The lowest BCUT2D eigenvalue weighted by Gasteiger charge is -2.29. The topological polar surface area (TPSA) is 39.8 Å². The zero-order valence-corrected chi connectivity index (χ0v) is 14.8. The fourth-order valence-electron chi connectivity index (χ4n) is 3.02. The van der Waals surface area contributed by atoms with E-state index < -0.39 is 0 Å². The second kappa shape index (κ2) is 6.90. The van der Waals surface area contributed by atoms with Gasteiger partial charge in [0.2, 0.25) is 11.1 Å². The smallest absolute Gasteiger partial charge is 0.372 e. The Hall–Kier alpha value is -2.30. The van der Waals surface area contributed by atoms with Crippen LogP contribution in [0.1, 0.15) is 17.0 Å². The molecule has 0 radical (unpaired) electrons. The summed E-state index contributed by atoms with van der Waals surface area (Å²) in [7, 11) is 0. The molecule has 0 atom stereocenters. The Labute approximate surface area is 151 Å². The summed E-state index contributed by atoms with van der Waals surface area (Å²) in [6, 6.07) is 12.2. The number of ether oxygens (including phenoxy) is 1. The second-order valence-corrected chi connectivity index (χ2v) is 6.64. The van der Waals surface area contributed by atoms with Crippen molar-refractivity contribution in [1.82, 2.24) is 0 Å². The first-order valence-electron chi connectivity index (χ1n) is 8.42. The van der Waals surface area contributed by atoms with Crippen molar-refractivity contribution >= 4 is 40.5 Å². The minimum absolute atomic E-state index is 0.703. The molecule has 0 aliphatic carbocycles. The van der Waals surface area contributed by atoms with E-state index in [9.17, 15) is 0 Å². The third-order valence-electron chi connectivity index (χ3n) is 4.39. The Balaban J connectivity index is 1.55. The van der Waals surface area contributed by atoms with Crippen molar-refractivity contribution in [1.29, 1.82) is 0 Å². The van der Waals surface area contributed by atoms with Crippen LogP contribution in [-0.4, -0.2) is 26.3 Å². The number of morpholine rings is 1. The SMILES string of the molecule is Cc1ccc2oc(/C=C/c3ccc(N4CCOCC4)cc3Cl)[nH+]c2c1. The first-order chi connectivity index (χ1) is 12.2. The van der Waals surface area contributed by atoms with Crippen molar-refractivity contribution < 1.29 is 14.1 Å². The number of fused-ring (bicyclic) bond motifs is 1. The van der Waals surface area contributed by atoms with Crippen LogP contribution in [-0.2, 0) is 4.74 Å². The van der Waals surface area contributed by atoms with E-state index in [0.717, 1.165) is 53.7 Å². The molecule has 0 unspecified atom stereocenters. The van der Waals surface area contributed by atoms with Crippen molar-refractivity contribution in [3.05, 3.63) is 58.4 Å². The molecule has 2 heterocycles. The number of rotatable bonds is 3. The average molecular weight is 356 g/mol. The van der Waals surface area contributed by atoms with E-state index in [2.05, 4.69) is 28.9 Å². The number of halogens is 1. The summed E-state index contributed by atoms with van der Waals surface area (Å²) in [6.07, 6.45) is 3.87. The Bertz CT molecular complexity index is 927. The number of oxazole rings is 1. The fraction of sp³-hybridized carbons (Fsp3) is 0.250. The highest BCUT2D eigenvalue weighted by Crippen LogP contribution is 2.26. The van der Waals surface area contributed by atoms with Crippen molar-refractivity contribution in [2.45, 2.75) is 6.92 Å². The maximum Gasteiger partial charge on any atom is 0.372 e. The Kier molecular flexibility index (Phi) is 4.47. The molecule has 1 aliphatic rings. The van der Waals surface area contributed by atoms with Gasteiger partial charge < -0.3 is 14.1 Å². The predicted molar refractivity (Wildman–Crippen MR) is 101 cm³/mol. The predicted octanol–water partition coefficient (Wildman–Crippen LogP) is 4.22. The molecule has 1 fully saturated rings. The van der Waals surface area contributed by atoms with Gasteiger partial charge in [-0.25, -0.2) is 0 Å². The third kappa shape index (κ3) is 3.55. The number of nitrogens with zero attached hydrogens (tertiary/aromatic N) is 1. The molecule has 1 saturated heterocycles. The monoisotopic (exact) mass is 355 g/mol. The molecule has 0 saturated carbocycles. The van der Waals surface area contributed by atoms with Crippen LogP contribution in [0.5, 0.6) is 0 Å². The first-order valence-corrected chi connectivity index (χ1v) is 8.80. The van der Waals surface area contributed by atoms with Crippen molar-refractivity contribution in [2.24, 2.45) is 0 Å². The number of aromatic amines is 1. The summed E-state index contributed by atoms with van der Waals surface area (Å²) in [5, 5.41) is 0.729. The van der Waals surface area contributed by atoms with Gasteiger partial charge in [0, 0.05) is 29.9 Å². The van der Waals surface area contributed by atoms with Gasteiger partial charge in [-0.3, -0.25) is 0 Å². The number of hydrogen-bond acceptors (Lipinski definition) is 3. The molecule has 5 heteroatoms. The highest BCUT2D eigenvalue weighted by molar-refractivity contribution is 6.32. The average Bonchev–Trinajstić information content (AvgIpc) is 3.03. The van der Waals surface area contributed by atoms with Gasteiger partial charge in [-0.05, 0) is 42.3 Å². The van der Waals surface area contributed by atoms with Gasteiger partial charge in [0.1, 0.15) is 0 Å². The molecule has 0 spiro atoms. The molecule has 0 bridgehead atoms. The summed E-state index contributed by atoms with van der Waals surface area (Å²) in [5.74, 6) is 0.703. The van der Waals surface area contributed by atoms with Crippen LogP contribution < -0.4 is 9.88 Å². The molecule has 25 heavy (non-hydrogen) atoms. The van der Waals surface area contributed by atoms with E-state index in [4.69, 9.17) is 20.8 Å². The molecular weight excluding hydrogens is 336 g/mol. The Morgan fingerprint density at radius 2 is 1.92 bits per heavy atom. The Morgan fingerprint density at radius 3 is 2.72 bits per heavy atom. The summed E-state index contributed by atoms with van der Waals surface area (Å²) < 4.78 is 11.2. The third-order valence-corrected chi connectivity index (χ3v) is 4.71. The lowest BCUT2D eigenvalue weighted by Crippen LogP contribution is -2.36. The number of benzene rings is 2. The summed E-state index contributed by atoms with van der Waals surface area (Å²) in [5.41, 5.74) is 5.13. The fourth-order valence-corrected chi connectivity index (χ4v) is 3.26. The maximum atomic E-state index is 6.46. The zero-order chi connectivity index (χ0) is 17.2. The van der Waals surface area contributed by atoms with E-state index in [0.29, 0.717) is 5.89 Å². The van der Waals surface area contributed by atoms with E-state index in [1.54, 1.807) is 0 Å². The van der Waals surface area contributed by atoms with E-state index in [-0.39, 0.29) is 0 Å². The van der Waals surface area contributed by atoms with Crippen LogP contribution in [0.2, 0.25) is 5.02 Å². The number of aryl methyl sites for hydroxylation is 1. The van der Waals surface area contributed by atoms with Gasteiger partial charge in [-0.15, -0.1) is 0 Å². The van der Waals surface area contributed by atoms with Crippen LogP contribution in [0.15, 0.2) is 40.8 Å². The van der Waals surface area contributed by atoms with Crippen LogP contribution in [0.25, 0.3) is 23.3 Å². The summed E-state index contributed by atoms with van der Waals surface area (Å²) in [6.45, 7) is 5.39. The highest BCUT2D eigenvalue weighted by atomic mass is 35.5. The zero-order valence-electron chi connectivity index (χ0n) is 14.1. The molecule has 1 aliphatic heterocycles. The largest absolute Gasteiger partial charge is 0.398 e. The molecule has 0 amide bonds. The molecule has 128 valence electrons. The van der Waals surface area contributed by atoms with Crippen molar-refractivity contribution in [2.75, 3.05) is 31.2 Å². The molecule has 3 aromatic rings. The van der Waals surface area contributed by atoms with Crippen LogP contribution in [0.3, 0.4) is 0 Å². The van der Waals surface area contributed by atoms with Gasteiger partial charge in [0.05, 0.1) is 19.3 Å². The molecule has 2 aromatic carbocycles. The van der Waals surface area contributed by atoms with E-state index >= 15 is 0 Å². The first kappa shape index (κ1) is 16.2. The molecular formula is C20H20ClN2O2+. The Morgan fingerprint density at radius 1 is 1.08 bits per heavy atom. The van der Waals surface area contributed by atoms with E-state index in [1.165, 1.54) is 5.56 Å². The normalized spacial score (nSPS) is 15.4. The van der Waals surface area contributed by atoms with Gasteiger partial charge in [-0.1, -0.05) is 23.7 Å². The molecule has 4 rings (SSSR count). The van der Waals surface area contributed by atoms with Gasteiger partial charge in [0.15, 0.2) is 0 Å². The van der Waals surface area contributed by atoms with Crippen molar-refractivity contribution in [3.8, 4) is 0 Å². The molecule has 4 nitrogen and oxygen atoms in total. The number of anilines is 1. The minimum atomic E-state index is 0.703. The lowest BCUT2D eigenvalue weighted by molar-refractivity contribution is -0.357. The summed E-state index contributed by atoms with van der Waals surface area (Å²) in [4.78, 5) is 5.56. The van der Waals surface area contributed by atoms with Crippen molar-refractivity contribution in [3.63, 3.8) is 0 Å². The van der Waals surface area contributed by atoms with Crippen LogP contribution >= 0.6 is 11.6 Å². The highest BCUT2D eigenvalue weighted by Gasteiger charge is 2.13. The number of hydrogen-bond donors (Lipinski definition) is 0. The number of H-pyrrole nitrogens is 1. The number of aromatic nitrogens is 1. The van der Waals surface area contributed by atoms with Gasteiger partial charge in [-0.2, -0.15) is 4.98 Å². The van der Waals surface area contributed by atoms with Crippen LogP contribution in [0, 0.1) is 6.92 Å². The summed E-state index contributed by atoms with van der Waals surface area (Å²) >= 11 is 6.46. The lowest BCUT2D eigenvalue weighted by atomic mass is 10.1. The standard InChI is InChI=1S/C20H19ClN2O2/c1-14-2-6-19-18(12-14)22-20(25-19)7-4-15-3-5-16(13-17(15)21)23-8-10-24-11-9-23/h2-7,12-13H,8-11H2,1H3/p+1/b7-4+. The second-order valence-electron chi connectivity index (χ2n) is 6.23.